The minimum Gasteiger partial charge on any atom is -0.276 e. The van der Waals surface area contributed by atoms with Gasteiger partial charge < -0.3 is 0 Å². The van der Waals surface area contributed by atoms with E-state index in [1.807, 2.05) is 6.92 Å². The van der Waals surface area contributed by atoms with Gasteiger partial charge in [0.2, 0.25) is 5.24 Å². The fraction of sp³-hybridized carbons (Fsp3) is 0.444. The number of fused-ring (bicyclic) bond motifs is 2. The normalized spacial score (nSPS) is 33.6. The van der Waals surface area contributed by atoms with Gasteiger partial charge in [-0.3, -0.25) is 4.79 Å². The molecule has 0 aromatic carbocycles. The van der Waals surface area contributed by atoms with Crippen molar-refractivity contribution in [3.8, 4) is 0 Å². The van der Waals surface area contributed by atoms with Crippen LogP contribution in [-0.4, -0.2) is 5.24 Å². The van der Waals surface area contributed by atoms with Crippen molar-refractivity contribution in [2.75, 3.05) is 0 Å². The van der Waals surface area contributed by atoms with Crippen LogP contribution in [0, 0.1) is 11.8 Å². The van der Waals surface area contributed by atoms with E-state index in [0.29, 0.717) is 11.8 Å². The first-order valence-electron chi connectivity index (χ1n) is 3.79. The first-order chi connectivity index (χ1) is 5.20. The Morgan fingerprint density at radius 2 is 2.18 bits per heavy atom. The molecule has 0 spiro atoms. The highest BCUT2D eigenvalue weighted by molar-refractivity contribution is 6.67. The van der Waals surface area contributed by atoms with Crippen LogP contribution in [0.3, 0.4) is 0 Å². The molecule has 0 fully saturated rings. The molecule has 2 bridgehead atoms. The van der Waals surface area contributed by atoms with E-state index in [9.17, 15) is 4.79 Å². The largest absolute Gasteiger partial charge is 0.276 e. The van der Waals surface area contributed by atoms with Crippen molar-refractivity contribution in [1.29, 1.82) is 0 Å². The molecule has 11 heavy (non-hydrogen) atoms. The molecule has 1 nitrogen and oxygen atoms in total. The highest BCUT2D eigenvalue weighted by atomic mass is 35.5. The van der Waals surface area contributed by atoms with Gasteiger partial charge in [0.05, 0.1) is 0 Å². The summed E-state index contributed by atoms with van der Waals surface area (Å²) in [4.78, 5) is 10.9. The number of carbonyl (C=O) groups is 1. The fourth-order valence-corrected chi connectivity index (χ4v) is 2.32. The van der Waals surface area contributed by atoms with Crippen LogP contribution in [0.5, 0.6) is 0 Å². The van der Waals surface area contributed by atoms with Crippen molar-refractivity contribution in [1.82, 2.24) is 0 Å². The smallest absolute Gasteiger partial charge is 0.248 e. The number of hydrogen-bond donors (Lipinski definition) is 0. The zero-order chi connectivity index (χ0) is 8.01. The lowest BCUT2D eigenvalue weighted by molar-refractivity contribution is -0.108. The average molecular weight is 169 g/mol. The Labute approximate surface area is 70.7 Å². The lowest BCUT2D eigenvalue weighted by Gasteiger charge is -2.07. The second-order valence-electron chi connectivity index (χ2n) is 3.20. The molecule has 0 amide bonds. The van der Waals surface area contributed by atoms with E-state index in [4.69, 9.17) is 11.6 Å². The molecule has 0 N–H and O–H groups in total. The van der Waals surface area contributed by atoms with Crippen LogP contribution in [-0.2, 0) is 4.79 Å². The van der Waals surface area contributed by atoms with Crippen LogP contribution in [0.25, 0.3) is 0 Å². The lowest BCUT2D eigenvalue weighted by Crippen LogP contribution is -2.03. The third kappa shape index (κ3) is 0.875. The van der Waals surface area contributed by atoms with Gasteiger partial charge in [-0.15, -0.1) is 0 Å². The molecule has 0 heterocycles. The molecule has 0 saturated carbocycles. The summed E-state index contributed by atoms with van der Waals surface area (Å²) in [6, 6.07) is 0. The molecule has 0 aromatic rings. The third-order valence-corrected chi connectivity index (χ3v) is 2.85. The van der Waals surface area contributed by atoms with Crippen LogP contribution in [0.2, 0.25) is 0 Å². The first-order valence-corrected chi connectivity index (χ1v) is 4.16. The topological polar surface area (TPSA) is 17.1 Å². The predicted molar refractivity (Wildman–Crippen MR) is 44.3 cm³/mol. The standard InChI is InChI=1S/C9H9ClO/c1-5-6-2-3-7(4-6)8(5)9(10)11/h2-3,6-7H,4H2,1H3/t6-,7-/m0/s1. The van der Waals surface area contributed by atoms with E-state index in [1.165, 1.54) is 5.57 Å². The Morgan fingerprint density at radius 1 is 1.55 bits per heavy atom. The van der Waals surface area contributed by atoms with Crippen LogP contribution in [0.4, 0.5) is 0 Å². The summed E-state index contributed by atoms with van der Waals surface area (Å²) in [5.41, 5.74) is 2.02. The van der Waals surface area contributed by atoms with Crippen LogP contribution in [0.15, 0.2) is 23.3 Å². The third-order valence-electron chi connectivity index (χ3n) is 2.65. The van der Waals surface area contributed by atoms with Gasteiger partial charge in [0.1, 0.15) is 0 Å². The first kappa shape index (κ1) is 7.11. The van der Waals surface area contributed by atoms with E-state index in [-0.39, 0.29) is 5.24 Å². The molecule has 58 valence electrons. The van der Waals surface area contributed by atoms with Gasteiger partial charge in [0, 0.05) is 11.5 Å². The molecule has 0 aliphatic heterocycles. The van der Waals surface area contributed by atoms with Gasteiger partial charge in [-0.2, -0.15) is 0 Å². The zero-order valence-corrected chi connectivity index (χ0v) is 7.06. The highest BCUT2D eigenvalue weighted by Crippen LogP contribution is 2.44. The quantitative estimate of drug-likeness (QED) is 0.434. The van der Waals surface area contributed by atoms with Crippen molar-refractivity contribution in [3.05, 3.63) is 23.3 Å². The second kappa shape index (κ2) is 2.21. The average Bonchev–Trinajstić information content (AvgIpc) is 2.44. The molecular formula is C9H9ClO. The van der Waals surface area contributed by atoms with E-state index in [1.54, 1.807) is 0 Å². The Kier molecular flexibility index (Phi) is 1.43. The fourth-order valence-electron chi connectivity index (χ4n) is 2.03. The molecule has 0 unspecified atom stereocenters. The van der Waals surface area contributed by atoms with Gasteiger partial charge in [-0.25, -0.2) is 0 Å². The number of allylic oxidation sites excluding steroid dienone is 4. The monoisotopic (exact) mass is 168 g/mol. The summed E-state index contributed by atoms with van der Waals surface area (Å²) >= 11 is 5.44. The summed E-state index contributed by atoms with van der Waals surface area (Å²) < 4.78 is 0. The molecular weight excluding hydrogens is 160 g/mol. The number of carbonyl (C=O) groups excluding carboxylic acids is 1. The molecule has 2 heteroatoms. The van der Waals surface area contributed by atoms with Crippen molar-refractivity contribution >= 4 is 16.8 Å². The summed E-state index contributed by atoms with van der Waals surface area (Å²) in [6.07, 6.45) is 5.33. The minimum absolute atomic E-state index is 0.264. The van der Waals surface area contributed by atoms with Gasteiger partial charge in [0.25, 0.3) is 0 Å². The molecule has 2 aliphatic carbocycles. The molecule has 0 saturated heterocycles. The van der Waals surface area contributed by atoms with Crippen molar-refractivity contribution in [3.63, 3.8) is 0 Å². The number of rotatable bonds is 1. The predicted octanol–water partition coefficient (Wildman–Crippen LogP) is 2.27. The van der Waals surface area contributed by atoms with Crippen LogP contribution >= 0.6 is 11.6 Å². The Balaban J connectivity index is 2.40. The lowest BCUT2D eigenvalue weighted by atomic mass is 10.00. The van der Waals surface area contributed by atoms with Gasteiger partial charge >= 0.3 is 0 Å². The Hall–Kier alpha value is -0.560. The Bertz CT molecular complexity index is 275. The Morgan fingerprint density at radius 3 is 2.55 bits per heavy atom. The highest BCUT2D eigenvalue weighted by Gasteiger charge is 2.35. The number of hydrogen-bond acceptors (Lipinski definition) is 1. The van der Waals surface area contributed by atoms with Crippen LogP contribution in [0.1, 0.15) is 13.3 Å². The summed E-state index contributed by atoms with van der Waals surface area (Å²) in [5, 5.41) is -0.264. The zero-order valence-electron chi connectivity index (χ0n) is 6.30. The minimum atomic E-state index is -0.264. The van der Waals surface area contributed by atoms with Gasteiger partial charge in [-0.05, 0) is 30.9 Å². The summed E-state index contributed by atoms with van der Waals surface area (Å²) in [7, 11) is 0. The molecule has 2 atom stereocenters. The summed E-state index contributed by atoms with van der Waals surface area (Å²) in [5.74, 6) is 0.822. The van der Waals surface area contributed by atoms with E-state index < -0.39 is 0 Å². The maximum Gasteiger partial charge on any atom is 0.248 e. The van der Waals surface area contributed by atoms with Crippen molar-refractivity contribution in [2.45, 2.75) is 13.3 Å². The second-order valence-corrected chi connectivity index (χ2v) is 3.55. The molecule has 2 rings (SSSR count). The van der Waals surface area contributed by atoms with E-state index in [0.717, 1.165) is 12.0 Å². The molecule has 0 aromatic heterocycles. The van der Waals surface area contributed by atoms with Gasteiger partial charge in [0.15, 0.2) is 0 Å². The SMILES string of the molecule is CC1=C(C(=O)Cl)[C@H]2C=C[C@H]1C2. The maximum absolute atomic E-state index is 10.9. The molecule has 0 radical (unpaired) electrons. The van der Waals surface area contributed by atoms with E-state index in [2.05, 4.69) is 12.2 Å². The van der Waals surface area contributed by atoms with E-state index >= 15 is 0 Å². The van der Waals surface area contributed by atoms with Gasteiger partial charge in [-0.1, -0.05) is 17.7 Å². The van der Waals surface area contributed by atoms with Crippen molar-refractivity contribution < 1.29 is 4.79 Å². The maximum atomic E-state index is 10.9. The van der Waals surface area contributed by atoms with Crippen LogP contribution < -0.4 is 0 Å². The summed E-state index contributed by atoms with van der Waals surface area (Å²) in [6.45, 7) is 2.00. The molecule has 2 aliphatic rings. The number of halogens is 1. The van der Waals surface area contributed by atoms with Crippen molar-refractivity contribution in [2.24, 2.45) is 11.8 Å².